The number of carbonyl (C=O) groups is 1. The van der Waals surface area contributed by atoms with Crippen molar-refractivity contribution in [2.45, 2.75) is 38.8 Å². The number of rotatable bonds is 7. The first kappa shape index (κ1) is 24.8. The smallest absolute Gasteiger partial charge is 0.383 e. The highest BCUT2D eigenvalue weighted by Crippen LogP contribution is 2.34. The van der Waals surface area contributed by atoms with E-state index in [4.69, 9.17) is 0 Å². The molecular weight excluding hydrogens is 390 g/mol. The highest BCUT2D eigenvalue weighted by Gasteiger charge is 2.31. The predicted molar refractivity (Wildman–Crippen MR) is 104 cm³/mol. The van der Waals surface area contributed by atoms with Gasteiger partial charge in [-0.1, -0.05) is 6.92 Å². The van der Waals surface area contributed by atoms with Gasteiger partial charge >= 0.3 is 6.18 Å². The summed E-state index contributed by atoms with van der Waals surface area (Å²) < 4.78 is 38.7. The van der Waals surface area contributed by atoms with Gasteiger partial charge in [0, 0.05) is 13.0 Å². The van der Waals surface area contributed by atoms with Crippen LogP contribution >= 0.6 is 24.8 Å². The molecule has 1 amide bonds. The lowest BCUT2D eigenvalue weighted by Gasteiger charge is -2.16. The number of anilines is 2. The Balaban J connectivity index is 0.00000312. The van der Waals surface area contributed by atoms with Crippen molar-refractivity contribution in [3.8, 4) is 0 Å². The molecule has 0 saturated carbocycles. The van der Waals surface area contributed by atoms with Crippen LogP contribution in [0.15, 0.2) is 18.2 Å². The quantitative estimate of drug-likeness (QED) is 0.604. The van der Waals surface area contributed by atoms with Crippen molar-refractivity contribution in [3.05, 3.63) is 23.8 Å². The average Bonchev–Trinajstić information content (AvgIpc) is 3.04. The molecule has 0 bridgehead atoms. The topological polar surface area (TPSA) is 53.2 Å². The number of carbonyl (C=O) groups excluding carboxylic acids is 1. The van der Waals surface area contributed by atoms with Gasteiger partial charge in [0.2, 0.25) is 5.91 Å². The summed E-state index contributed by atoms with van der Waals surface area (Å²) in [7, 11) is 0. The van der Waals surface area contributed by atoms with E-state index >= 15 is 0 Å². The fourth-order valence-corrected chi connectivity index (χ4v) is 2.75. The summed E-state index contributed by atoms with van der Waals surface area (Å²) in [4.78, 5) is 12.1. The second kappa shape index (κ2) is 11.5. The van der Waals surface area contributed by atoms with Gasteiger partial charge in [-0.05, 0) is 56.5 Å². The number of alkyl halides is 3. The van der Waals surface area contributed by atoms with Crippen LogP contribution in [0.3, 0.4) is 0 Å². The molecule has 150 valence electrons. The lowest BCUT2D eigenvalue weighted by Crippen LogP contribution is -2.17. The number of benzene rings is 1. The summed E-state index contributed by atoms with van der Waals surface area (Å²) in [5, 5.41) is 8.92. The van der Waals surface area contributed by atoms with E-state index < -0.39 is 11.7 Å². The maximum absolute atomic E-state index is 12.9. The molecule has 9 heteroatoms. The normalized spacial score (nSPS) is 16.4. The summed E-state index contributed by atoms with van der Waals surface area (Å²) in [5.74, 6) is 0.218. The molecule has 1 atom stereocenters. The summed E-state index contributed by atoms with van der Waals surface area (Å²) in [6.07, 6.45) is -1.49. The third kappa shape index (κ3) is 7.60. The van der Waals surface area contributed by atoms with Gasteiger partial charge in [0.1, 0.15) is 0 Å². The summed E-state index contributed by atoms with van der Waals surface area (Å²) in [6, 6.07) is 3.39. The molecule has 1 aliphatic heterocycles. The number of amides is 1. The lowest BCUT2D eigenvalue weighted by molar-refractivity contribution is -0.137. The molecule has 1 fully saturated rings. The average molecular weight is 416 g/mol. The van der Waals surface area contributed by atoms with E-state index in [-0.39, 0.29) is 36.4 Å². The van der Waals surface area contributed by atoms with Crippen LogP contribution in [-0.4, -0.2) is 25.5 Å². The molecule has 26 heavy (non-hydrogen) atoms. The molecule has 3 N–H and O–H groups in total. The zero-order chi connectivity index (χ0) is 17.6. The monoisotopic (exact) mass is 415 g/mol. The van der Waals surface area contributed by atoms with E-state index in [0.717, 1.165) is 44.5 Å². The molecule has 2 rings (SSSR count). The molecule has 0 aliphatic carbocycles. The zero-order valence-electron chi connectivity index (χ0n) is 14.6. The Labute approximate surface area is 164 Å². The lowest BCUT2D eigenvalue weighted by atomic mass is 10.0. The minimum absolute atomic E-state index is 0. The van der Waals surface area contributed by atoms with E-state index in [2.05, 4.69) is 16.0 Å². The Hall–Kier alpha value is -1.18. The molecule has 1 aromatic carbocycles. The Kier molecular flexibility index (Phi) is 11.0. The van der Waals surface area contributed by atoms with Crippen LogP contribution in [0.1, 0.15) is 38.2 Å². The molecule has 1 aromatic rings. The van der Waals surface area contributed by atoms with E-state index in [9.17, 15) is 18.0 Å². The molecule has 4 nitrogen and oxygen atoms in total. The van der Waals surface area contributed by atoms with Crippen LogP contribution in [0.2, 0.25) is 0 Å². The molecule has 1 aliphatic rings. The van der Waals surface area contributed by atoms with Gasteiger partial charge in [0.05, 0.1) is 16.9 Å². The Morgan fingerprint density at radius 1 is 1.27 bits per heavy atom. The predicted octanol–water partition coefficient (Wildman–Crippen LogP) is 4.70. The maximum Gasteiger partial charge on any atom is 0.416 e. The third-order valence-electron chi connectivity index (χ3n) is 4.13. The molecule has 1 unspecified atom stereocenters. The summed E-state index contributed by atoms with van der Waals surface area (Å²) in [6.45, 7) is 4.46. The van der Waals surface area contributed by atoms with Crippen LogP contribution in [0.25, 0.3) is 0 Å². The minimum atomic E-state index is -4.43. The summed E-state index contributed by atoms with van der Waals surface area (Å²) in [5.41, 5.74) is -0.0617. The van der Waals surface area contributed by atoms with Crippen molar-refractivity contribution in [2.75, 3.05) is 30.3 Å². The van der Waals surface area contributed by atoms with Crippen molar-refractivity contribution < 1.29 is 18.0 Å². The van der Waals surface area contributed by atoms with E-state index in [0.29, 0.717) is 24.6 Å². The molecule has 1 heterocycles. The standard InChI is InChI=1S/C17H24F3N3O.2ClH/c1-2-8-22-14-5-4-13(17(18,19)20)10-15(14)23-16(24)6-3-12-7-9-21-11-12;;/h4-5,10,12,21-22H,2-3,6-9,11H2,1H3,(H,23,24);2*1H. The van der Waals surface area contributed by atoms with Crippen molar-refractivity contribution in [2.24, 2.45) is 5.92 Å². The Bertz CT molecular complexity index is 565. The van der Waals surface area contributed by atoms with Gasteiger partial charge in [-0.15, -0.1) is 24.8 Å². The second-order valence-electron chi connectivity index (χ2n) is 6.13. The van der Waals surface area contributed by atoms with E-state index in [1.165, 1.54) is 6.07 Å². The van der Waals surface area contributed by atoms with Gasteiger partial charge in [-0.3, -0.25) is 4.79 Å². The fourth-order valence-electron chi connectivity index (χ4n) is 2.75. The Morgan fingerprint density at radius 2 is 2.00 bits per heavy atom. The number of hydrogen-bond acceptors (Lipinski definition) is 3. The minimum Gasteiger partial charge on any atom is -0.383 e. The molecular formula is C17H26Cl2F3N3O. The first-order valence-electron chi connectivity index (χ1n) is 8.36. The number of halogens is 5. The van der Waals surface area contributed by atoms with Crippen LogP contribution in [0, 0.1) is 5.92 Å². The maximum atomic E-state index is 12.9. The molecule has 0 aromatic heterocycles. The van der Waals surface area contributed by atoms with Gasteiger partial charge in [0.15, 0.2) is 0 Å². The van der Waals surface area contributed by atoms with Gasteiger partial charge < -0.3 is 16.0 Å². The number of hydrogen-bond donors (Lipinski definition) is 3. The second-order valence-corrected chi connectivity index (χ2v) is 6.13. The van der Waals surface area contributed by atoms with Gasteiger partial charge in [-0.2, -0.15) is 13.2 Å². The number of nitrogens with one attached hydrogen (secondary N) is 3. The van der Waals surface area contributed by atoms with E-state index in [1.54, 1.807) is 0 Å². The highest BCUT2D eigenvalue weighted by molar-refractivity contribution is 5.94. The first-order chi connectivity index (χ1) is 11.4. The van der Waals surface area contributed by atoms with Crippen LogP contribution in [-0.2, 0) is 11.0 Å². The molecule has 0 radical (unpaired) electrons. The van der Waals surface area contributed by atoms with Crippen molar-refractivity contribution >= 4 is 42.1 Å². The highest BCUT2D eigenvalue weighted by atomic mass is 35.5. The Morgan fingerprint density at radius 3 is 2.58 bits per heavy atom. The summed E-state index contributed by atoms with van der Waals surface area (Å²) >= 11 is 0. The largest absolute Gasteiger partial charge is 0.416 e. The van der Waals surface area contributed by atoms with Gasteiger partial charge in [0.25, 0.3) is 0 Å². The van der Waals surface area contributed by atoms with Crippen LogP contribution < -0.4 is 16.0 Å². The van der Waals surface area contributed by atoms with Crippen LogP contribution in [0.5, 0.6) is 0 Å². The molecule has 0 spiro atoms. The SMILES string of the molecule is CCCNc1ccc(C(F)(F)F)cc1NC(=O)CCC1CCNC1.Cl.Cl. The molecule has 1 saturated heterocycles. The fraction of sp³-hybridized carbons (Fsp3) is 0.588. The zero-order valence-corrected chi connectivity index (χ0v) is 16.3. The third-order valence-corrected chi connectivity index (χ3v) is 4.13. The van der Waals surface area contributed by atoms with Crippen LogP contribution in [0.4, 0.5) is 24.5 Å². The van der Waals surface area contributed by atoms with Crippen molar-refractivity contribution in [1.29, 1.82) is 0 Å². The van der Waals surface area contributed by atoms with Crippen molar-refractivity contribution in [3.63, 3.8) is 0 Å². The van der Waals surface area contributed by atoms with E-state index in [1.807, 2.05) is 6.92 Å². The van der Waals surface area contributed by atoms with Gasteiger partial charge in [-0.25, -0.2) is 0 Å². The first-order valence-corrected chi connectivity index (χ1v) is 8.36. The van der Waals surface area contributed by atoms with Crippen molar-refractivity contribution in [1.82, 2.24) is 5.32 Å².